The van der Waals surface area contributed by atoms with Crippen molar-refractivity contribution in [3.8, 4) is 11.5 Å². The van der Waals surface area contributed by atoms with Gasteiger partial charge < -0.3 is 19.7 Å². The van der Waals surface area contributed by atoms with Gasteiger partial charge >= 0.3 is 0 Å². The third kappa shape index (κ3) is 4.24. The molecule has 0 saturated heterocycles. The van der Waals surface area contributed by atoms with Crippen molar-refractivity contribution in [2.24, 2.45) is 5.92 Å². The van der Waals surface area contributed by atoms with Crippen LogP contribution in [0.1, 0.15) is 57.9 Å². The van der Waals surface area contributed by atoms with Crippen LogP contribution in [0.25, 0.3) is 16.5 Å². The maximum absolute atomic E-state index is 13.8. The molecule has 0 bridgehead atoms. The van der Waals surface area contributed by atoms with Crippen LogP contribution in [0.2, 0.25) is 0 Å². The lowest BCUT2D eigenvalue weighted by molar-refractivity contribution is -0.132. The Kier molecular flexibility index (Phi) is 6.59. The second-order valence-electron chi connectivity index (χ2n) is 10.2. The van der Waals surface area contributed by atoms with Crippen LogP contribution in [-0.2, 0) is 22.4 Å². The van der Waals surface area contributed by atoms with Gasteiger partial charge in [-0.15, -0.1) is 0 Å². The number of benzene rings is 1. The summed E-state index contributed by atoms with van der Waals surface area (Å²) in [6.07, 6.45) is 3.81. The summed E-state index contributed by atoms with van der Waals surface area (Å²) in [6, 6.07) is 1.25. The summed E-state index contributed by atoms with van der Waals surface area (Å²) in [5.74, 6) is -3.37. The molecule has 0 saturated carbocycles. The lowest BCUT2D eigenvalue weighted by atomic mass is 9.71. The minimum atomic E-state index is -0.800. The van der Waals surface area contributed by atoms with Crippen LogP contribution in [0.15, 0.2) is 67.6 Å². The van der Waals surface area contributed by atoms with E-state index in [1.54, 1.807) is 13.0 Å². The zero-order valence-electron chi connectivity index (χ0n) is 21.6. The zero-order valence-corrected chi connectivity index (χ0v) is 21.6. The SMILES string of the molecule is C=C(C)C1Cc2c(oc3cc(O)c(CC=C(C)C)c(O)c3c2=O)C2=C1C(=O)C(=O)C(CC=C(C)C)=C2O. The van der Waals surface area contributed by atoms with Crippen LogP contribution in [-0.4, -0.2) is 26.9 Å². The largest absolute Gasteiger partial charge is 0.507 e. The Hall–Kier alpha value is -4.13. The molecule has 192 valence electrons. The van der Waals surface area contributed by atoms with Gasteiger partial charge in [-0.05, 0) is 53.9 Å². The lowest BCUT2D eigenvalue weighted by Gasteiger charge is -2.31. The number of rotatable bonds is 5. The van der Waals surface area contributed by atoms with Crippen molar-refractivity contribution in [1.29, 1.82) is 0 Å². The van der Waals surface area contributed by atoms with Crippen LogP contribution in [0.3, 0.4) is 0 Å². The van der Waals surface area contributed by atoms with Crippen LogP contribution in [0.4, 0.5) is 0 Å². The van der Waals surface area contributed by atoms with E-state index in [4.69, 9.17) is 4.42 Å². The molecule has 2 aliphatic carbocycles. The molecule has 2 aliphatic rings. The monoisotopic (exact) mass is 502 g/mol. The van der Waals surface area contributed by atoms with Gasteiger partial charge in [0, 0.05) is 34.3 Å². The van der Waals surface area contributed by atoms with Crippen molar-refractivity contribution >= 4 is 28.1 Å². The van der Waals surface area contributed by atoms with Gasteiger partial charge in [-0.3, -0.25) is 14.4 Å². The summed E-state index contributed by atoms with van der Waals surface area (Å²) in [6.45, 7) is 13.1. The highest BCUT2D eigenvalue weighted by Gasteiger charge is 2.44. The Morgan fingerprint density at radius 2 is 1.62 bits per heavy atom. The van der Waals surface area contributed by atoms with Gasteiger partial charge in [-0.2, -0.15) is 0 Å². The molecule has 2 aromatic rings. The van der Waals surface area contributed by atoms with Gasteiger partial charge in [0.25, 0.3) is 0 Å². The third-order valence-corrected chi connectivity index (χ3v) is 6.86. The third-order valence-electron chi connectivity index (χ3n) is 6.86. The molecule has 1 aromatic carbocycles. The second kappa shape index (κ2) is 9.39. The Morgan fingerprint density at radius 1 is 1.00 bits per heavy atom. The highest BCUT2D eigenvalue weighted by molar-refractivity contribution is 6.52. The predicted molar refractivity (Wildman–Crippen MR) is 142 cm³/mol. The molecule has 0 fully saturated rings. The number of hydrogen-bond acceptors (Lipinski definition) is 7. The van der Waals surface area contributed by atoms with E-state index in [0.29, 0.717) is 5.57 Å². The molecule has 0 radical (unpaired) electrons. The van der Waals surface area contributed by atoms with Crippen molar-refractivity contribution in [3.63, 3.8) is 0 Å². The quantitative estimate of drug-likeness (QED) is 0.279. The van der Waals surface area contributed by atoms with Crippen LogP contribution in [0, 0.1) is 5.92 Å². The van der Waals surface area contributed by atoms with Gasteiger partial charge in [0.1, 0.15) is 34.0 Å². The van der Waals surface area contributed by atoms with E-state index in [1.807, 2.05) is 33.8 Å². The average Bonchev–Trinajstić information content (AvgIpc) is 2.80. The molecule has 4 rings (SSSR count). The first-order valence-corrected chi connectivity index (χ1v) is 12.1. The van der Waals surface area contributed by atoms with E-state index in [-0.39, 0.29) is 75.3 Å². The lowest BCUT2D eigenvalue weighted by Crippen LogP contribution is -2.35. The van der Waals surface area contributed by atoms with Crippen molar-refractivity contribution in [2.75, 3.05) is 0 Å². The van der Waals surface area contributed by atoms with Gasteiger partial charge in [0.15, 0.2) is 5.43 Å². The fourth-order valence-corrected chi connectivity index (χ4v) is 4.84. The molecule has 1 unspecified atom stereocenters. The van der Waals surface area contributed by atoms with Gasteiger partial charge in [0.2, 0.25) is 11.6 Å². The number of aliphatic hydroxyl groups excluding tert-OH is 1. The molecule has 0 aliphatic heterocycles. The highest BCUT2D eigenvalue weighted by atomic mass is 16.3. The Bertz CT molecular complexity index is 1580. The summed E-state index contributed by atoms with van der Waals surface area (Å²) in [4.78, 5) is 40.0. The molecular weight excluding hydrogens is 472 g/mol. The van der Waals surface area contributed by atoms with Crippen LogP contribution < -0.4 is 5.43 Å². The molecule has 7 heteroatoms. The van der Waals surface area contributed by atoms with Crippen molar-refractivity contribution in [1.82, 2.24) is 0 Å². The minimum Gasteiger partial charge on any atom is -0.507 e. The number of ketones is 2. The van der Waals surface area contributed by atoms with Crippen LogP contribution in [0.5, 0.6) is 11.5 Å². The van der Waals surface area contributed by atoms with Crippen molar-refractivity contribution < 1.29 is 29.3 Å². The normalized spacial score (nSPS) is 17.1. The Morgan fingerprint density at radius 3 is 2.22 bits per heavy atom. The topological polar surface area (TPSA) is 125 Å². The molecule has 1 aromatic heterocycles. The smallest absolute Gasteiger partial charge is 0.233 e. The zero-order chi connectivity index (χ0) is 27.3. The summed E-state index contributed by atoms with van der Waals surface area (Å²) < 4.78 is 6.04. The minimum absolute atomic E-state index is 0.0115. The fourth-order valence-electron chi connectivity index (χ4n) is 4.84. The highest BCUT2D eigenvalue weighted by Crippen LogP contribution is 2.46. The number of fused-ring (bicyclic) bond motifs is 3. The molecule has 1 atom stereocenters. The Balaban J connectivity index is 2.07. The number of carbonyl (C=O) groups excluding carboxylic acids is 2. The van der Waals surface area contributed by atoms with Crippen molar-refractivity contribution in [2.45, 2.75) is 53.9 Å². The maximum atomic E-state index is 13.8. The average molecular weight is 503 g/mol. The van der Waals surface area contributed by atoms with E-state index in [0.717, 1.165) is 11.1 Å². The van der Waals surface area contributed by atoms with Gasteiger partial charge in [-0.1, -0.05) is 35.5 Å². The van der Waals surface area contributed by atoms with E-state index in [1.165, 1.54) is 6.07 Å². The number of phenols is 2. The fraction of sp³-hybridized carbons (Fsp3) is 0.300. The number of carbonyl (C=O) groups is 2. The summed E-state index contributed by atoms with van der Waals surface area (Å²) >= 11 is 0. The van der Waals surface area contributed by atoms with Crippen molar-refractivity contribution in [3.05, 3.63) is 85.5 Å². The van der Waals surface area contributed by atoms with Gasteiger partial charge in [0.05, 0.1) is 5.57 Å². The first-order chi connectivity index (χ1) is 17.3. The standard InChI is InChI=1S/C30H30O7/c1-13(2)7-9-16-20(31)12-21-23(25(16)32)27(34)19-11-18(15(5)6)22-24(30(19)37-21)26(33)17(10-8-14(3)4)28(35)29(22)36/h7-8,12,18,31-33H,5,9-11H2,1-4,6H3. The molecule has 1 heterocycles. The number of hydrogen-bond donors (Lipinski definition) is 3. The van der Waals surface area contributed by atoms with E-state index >= 15 is 0 Å². The van der Waals surface area contributed by atoms with Gasteiger partial charge in [-0.25, -0.2) is 0 Å². The van der Waals surface area contributed by atoms with Crippen LogP contribution >= 0.6 is 0 Å². The van der Waals surface area contributed by atoms with E-state index in [2.05, 4.69) is 6.58 Å². The number of aliphatic hydroxyl groups is 1. The molecular formula is C30H30O7. The number of phenolic OH excluding ortho intramolecular Hbond substituents is 2. The summed E-state index contributed by atoms with van der Waals surface area (Å²) in [5, 5.41) is 32.8. The number of Topliss-reactive ketones (excluding diaryl/α,β-unsaturated/α-hetero) is 2. The summed E-state index contributed by atoms with van der Waals surface area (Å²) in [5.41, 5.74) is 2.09. The molecule has 0 amide bonds. The Labute approximate surface area is 214 Å². The van der Waals surface area contributed by atoms with E-state index < -0.39 is 28.7 Å². The second-order valence-corrected chi connectivity index (χ2v) is 10.2. The first kappa shape index (κ1) is 25.9. The predicted octanol–water partition coefficient (Wildman–Crippen LogP) is 5.54. The first-order valence-electron chi connectivity index (χ1n) is 12.1. The molecule has 7 nitrogen and oxygen atoms in total. The molecule has 0 spiro atoms. The number of allylic oxidation sites excluding steroid dienone is 8. The van der Waals surface area contributed by atoms with E-state index in [9.17, 15) is 29.7 Å². The molecule has 37 heavy (non-hydrogen) atoms. The summed E-state index contributed by atoms with van der Waals surface area (Å²) in [7, 11) is 0. The number of aromatic hydroxyl groups is 2. The molecule has 3 N–H and O–H groups in total. The maximum Gasteiger partial charge on any atom is 0.233 e.